The Morgan fingerprint density at radius 3 is 2.50 bits per heavy atom. The summed E-state index contributed by atoms with van der Waals surface area (Å²) in [6, 6.07) is 0. The third kappa shape index (κ3) is 0.814. The first-order chi connectivity index (χ1) is 4.88. The summed E-state index contributed by atoms with van der Waals surface area (Å²) in [5, 5.41) is 0. The maximum atomic E-state index is 11.2. The third-order valence-corrected chi connectivity index (χ3v) is 2.14. The molecule has 10 heavy (non-hydrogen) atoms. The molecule has 2 rings (SSSR count). The van der Waals surface area contributed by atoms with E-state index in [1.165, 1.54) is 6.42 Å². The second-order valence-electron chi connectivity index (χ2n) is 2.83. The Bertz CT molecular complexity index is 134. The molecule has 56 valence electrons. The Morgan fingerprint density at radius 2 is 2.20 bits per heavy atom. The number of hydrogen-bond donors (Lipinski definition) is 0. The van der Waals surface area contributed by atoms with Crippen LogP contribution in [0.5, 0.6) is 0 Å². The average molecular weight is 141 g/mol. The molecule has 2 saturated heterocycles. The van der Waals surface area contributed by atoms with Crippen LogP contribution in [-0.4, -0.2) is 36.6 Å². The molecule has 1 unspecified atom stereocenters. The molecule has 1 atom stereocenters. The number of nitrogens with zero attached hydrogens (tertiary/aromatic N) is 1. The van der Waals surface area contributed by atoms with E-state index in [9.17, 15) is 4.79 Å². The quantitative estimate of drug-likeness (QED) is 0.514. The zero-order chi connectivity index (χ0) is 6.97. The van der Waals surface area contributed by atoms with Crippen molar-refractivity contribution in [3.05, 3.63) is 0 Å². The van der Waals surface area contributed by atoms with Crippen molar-refractivity contribution in [2.24, 2.45) is 0 Å². The highest BCUT2D eigenvalue weighted by molar-refractivity contribution is 5.82. The van der Waals surface area contributed by atoms with E-state index < -0.39 is 0 Å². The Labute approximate surface area is 60.0 Å². The third-order valence-electron chi connectivity index (χ3n) is 2.14. The molecule has 0 aromatic carbocycles. The van der Waals surface area contributed by atoms with Crippen molar-refractivity contribution in [2.45, 2.75) is 18.9 Å². The van der Waals surface area contributed by atoms with Gasteiger partial charge in [-0.15, -0.1) is 0 Å². The molecule has 0 N–H and O–H groups in total. The summed E-state index contributed by atoms with van der Waals surface area (Å²) in [5.74, 6) is 0.206. The molecule has 0 bridgehead atoms. The maximum absolute atomic E-state index is 11.2. The summed E-state index contributed by atoms with van der Waals surface area (Å²) in [7, 11) is 0. The van der Waals surface area contributed by atoms with E-state index in [1.807, 2.05) is 4.90 Å². The summed E-state index contributed by atoms with van der Waals surface area (Å²) in [6.07, 6.45) is 2.01. The van der Waals surface area contributed by atoms with Gasteiger partial charge in [0, 0.05) is 19.5 Å². The summed E-state index contributed by atoms with van der Waals surface area (Å²) in [6.45, 7) is 2.65. The number of hydrogen-bond acceptors (Lipinski definition) is 2. The van der Waals surface area contributed by atoms with E-state index in [2.05, 4.69) is 0 Å². The number of amides is 1. The lowest BCUT2D eigenvalue weighted by Gasteiger charge is -2.36. The first kappa shape index (κ1) is 6.16. The van der Waals surface area contributed by atoms with Crippen LogP contribution in [0.3, 0.4) is 0 Å². The Balaban J connectivity index is 1.84. The Hall–Kier alpha value is -0.570. The van der Waals surface area contributed by atoms with Crippen LogP contribution in [0.1, 0.15) is 12.8 Å². The van der Waals surface area contributed by atoms with Gasteiger partial charge in [-0.1, -0.05) is 0 Å². The first-order valence-corrected chi connectivity index (χ1v) is 3.78. The number of likely N-dealkylation sites (tertiary alicyclic amines) is 1. The van der Waals surface area contributed by atoms with Crippen LogP contribution in [-0.2, 0) is 9.53 Å². The highest BCUT2D eigenvalue weighted by Gasteiger charge is 2.32. The number of rotatable bonds is 1. The fourth-order valence-electron chi connectivity index (χ4n) is 1.17. The van der Waals surface area contributed by atoms with Crippen LogP contribution in [0.15, 0.2) is 0 Å². The van der Waals surface area contributed by atoms with E-state index in [0.717, 1.165) is 26.1 Å². The number of carbonyl (C=O) groups excluding carboxylic acids is 1. The van der Waals surface area contributed by atoms with Gasteiger partial charge in [-0.2, -0.15) is 0 Å². The molecule has 3 heteroatoms. The van der Waals surface area contributed by atoms with E-state index in [1.54, 1.807) is 0 Å². The molecule has 2 fully saturated rings. The second kappa shape index (κ2) is 2.23. The van der Waals surface area contributed by atoms with Crippen LogP contribution in [0.4, 0.5) is 0 Å². The molecule has 0 radical (unpaired) electrons. The monoisotopic (exact) mass is 141 g/mol. The van der Waals surface area contributed by atoms with Crippen molar-refractivity contribution in [3.63, 3.8) is 0 Å². The topological polar surface area (TPSA) is 29.5 Å². The minimum absolute atomic E-state index is 0.0831. The fourth-order valence-corrected chi connectivity index (χ4v) is 1.17. The van der Waals surface area contributed by atoms with Gasteiger partial charge in [-0.3, -0.25) is 4.79 Å². The van der Waals surface area contributed by atoms with Gasteiger partial charge >= 0.3 is 0 Å². The number of carbonyl (C=O) groups is 1. The lowest BCUT2D eigenvalue weighted by Crippen LogP contribution is -2.51. The van der Waals surface area contributed by atoms with Gasteiger partial charge in [0.05, 0.1) is 6.61 Å². The number of ether oxygens (including phenoxy) is 1. The van der Waals surface area contributed by atoms with E-state index >= 15 is 0 Å². The van der Waals surface area contributed by atoms with E-state index in [4.69, 9.17) is 4.74 Å². The summed E-state index contributed by atoms with van der Waals surface area (Å²) in [4.78, 5) is 13.1. The Morgan fingerprint density at radius 1 is 1.50 bits per heavy atom. The molecule has 2 aliphatic heterocycles. The van der Waals surface area contributed by atoms with Gasteiger partial charge in [0.1, 0.15) is 6.10 Å². The molecule has 2 heterocycles. The van der Waals surface area contributed by atoms with E-state index in [-0.39, 0.29) is 12.0 Å². The van der Waals surface area contributed by atoms with Crippen LogP contribution >= 0.6 is 0 Å². The molecule has 3 nitrogen and oxygen atoms in total. The molecule has 0 saturated carbocycles. The predicted octanol–water partition coefficient (Wildman–Crippen LogP) is 0.00760. The van der Waals surface area contributed by atoms with Gasteiger partial charge in [0.25, 0.3) is 5.91 Å². The minimum atomic E-state index is -0.0831. The first-order valence-electron chi connectivity index (χ1n) is 3.78. The standard InChI is InChI=1S/C7H11NO2/c9-7(6-2-5-10-6)8-3-1-4-8/h6H,1-5H2. The van der Waals surface area contributed by atoms with E-state index in [0.29, 0.717) is 0 Å². The lowest BCUT2D eigenvalue weighted by molar-refractivity contribution is -0.159. The molecule has 0 aromatic heterocycles. The molecule has 0 aromatic rings. The van der Waals surface area contributed by atoms with Gasteiger partial charge in [-0.25, -0.2) is 0 Å². The highest BCUT2D eigenvalue weighted by atomic mass is 16.5. The largest absolute Gasteiger partial charge is 0.368 e. The average Bonchev–Trinajstić information content (AvgIpc) is 1.52. The predicted molar refractivity (Wildman–Crippen MR) is 35.6 cm³/mol. The molecule has 2 aliphatic rings. The molecule has 0 spiro atoms. The van der Waals surface area contributed by atoms with Crippen LogP contribution in [0.2, 0.25) is 0 Å². The lowest BCUT2D eigenvalue weighted by atomic mass is 10.1. The van der Waals surface area contributed by atoms with Crippen molar-refractivity contribution in [1.82, 2.24) is 4.90 Å². The maximum Gasteiger partial charge on any atom is 0.251 e. The summed E-state index contributed by atoms with van der Waals surface area (Å²) >= 11 is 0. The van der Waals surface area contributed by atoms with Gasteiger partial charge in [0.2, 0.25) is 0 Å². The highest BCUT2D eigenvalue weighted by Crippen LogP contribution is 2.17. The smallest absolute Gasteiger partial charge is 0.251 e. The Kier molecular flexibility index (Phi) is 1.38. The molecular formula is C7H11NO2. The molecular weight excluding hydrogens is 130 g/mol. The van der Waals surface area contributed by atoms with Crippen LogP contribution in [0.25, 0.3) is 0 Å². The van der Waals surface area contributed by atoms with Crippen molar-refractivity contribution in [2.75, 3.05) is 19.7 Å². The zero-order valence-corrected chi connectivity index (χ0v) is 5.88. The molecule has 1 amide bonds. The van der Waals surface area contributed by atoms with Crippen LogP contribution in [0, 0.1) is 0 Å². The van der Waals surface area contributed by atoms with Gasteiger partial charge in [-0.05, 0) is 6.42 Å². The van der Waals surface area contributed by atoms with Crippen molar-refractivity contribution >= 4 is 5.91 Å². The summed E-state index contributed by atoms with van der Waals surface area (Å²) < 4.78 is 5.06. The molecule has 0 aliphatic carbocycles. The van der Waals surface area contributed by atoms with Crippen LogP contribution < -0.4 is 0 Å². The van der Waals surface area contributed by atoms with Crippen molar-refractivity contribution in [3.8, 4) is 0 Å². The fraction of sp³-hybridized carbons (Fsp3) is 0.857. The van der Waals surface area contributed by atoms with Gasteiger partial charge in [0.15, 0.2) is 0 Å². The summed E-state index contributed by atoms with van der Waals surface area (Å²) in [5.41, 5.74) is 0. The second-order valence-corrected chi connectivity index (χ2v) is 2.83. The van der Waals surface area contributed by atoms with Crippen molar-refractivity contribution < 1.29 is 9.53 Å². The normalized spacial score (nSPS) is 30.8. The SMILES string of the molecule is O=C(C1CCO1)N1CCC1. The zero-order valence-electron chi connectivity index (χ0n) is 5.88. The van der Waals surface area contributed by atoms with Gasteiger partial charge < -0.3 is 9.64 Å². The minimum Gasteiger partial charge on any atom is -0.368 e. The van der Waals surface area contributed by atoms with Crippen molar-refractivity contribution in [1.29, 1.82) is 0 Å².